The second-order valence-electron chi connectivity index (χ2n) is 20.9. The van der Waals surface area contributed by atoms with Gasteiger partial charge in [-0.15, -0.1) is 0 Å². The highest BCUT2D eigenvalue weighted by atomic mass is 16.7. The Morgan fingerprint density at radius 2 is 1.10 bits per heavy atom. The van der Waals surface area contributed by atoms with Crippen LogP contribution < -0.4 is 9.47 Å². The predicted molar refractivity (Wildman–Crippen MR) is 205 cm³/mol. The summed E-state index contributed by atoms with van der Waals surface area (Å²) in [4.78, 5) is 0. The zero-order valence-electron chi connectivity index (χ0n) is 34.4. The Hall–Kier alpha value is -2.70. The van der Waals surface area contributed by atoms with Gasteiger partial charge in [-0.3, -0.25) is 0 Å². The highest BCUT2D eigenvalue weighted by Gasteiger charge is 2.83. The minimum Gasteiger partial charge on any atom is -0.341 e. The summed E-state index contributed by atoms with van der Waals surface area (Å²) in [5.74, 6) is 1.80. The molecule has 3 heterocycles. The molecular formula is C43H70N4O2+4. The number of ether oxygens (including phenoxy) is 2. The van der Waals surface area contributed by atoms with Crippen LogP contribution >= 0.6 is 0 Å². The van der Waals surface area contributed by atoms with Crippen molar-refractivity contribution in [2.24, 2.45) is 0 Å². The zero-order chi connectivity index (χ0) is 36.8. The van der Waals surface area contributed by atoms with Crippen molar-refractivity contribution in [2.75, 3.05) is 55.4 Å². The highest BCUT2D eigenvalue weighted by molar-refractivity contribution is 5.84. The molecule has 1 spiro atoms. The van der Waals surface area contributed by atoms with Crippen LogP contribution in [0.1, 0.15) is 130 Å². The molecule has 5 rings (SSSR count). The van der Waals surface area contributed by atoms with Crippen molar-refractivity contribution in [1.82, 2.24) is 0 Å². The van der Waals surface area contributed by atoms with E-state index in [4.69, 9.17) is 9.47 Å². The summed E-state index contributed by atoms with van der Waals surface area (Å²) < 4.78 is 21.2. The maximum atomic E-state index is 7.33. The number of quaternary nitrogens is 2. The molecule has 0 saturated carbocycles. The molecule has 1 saturated heterocycles. The summed E-state index contributed by atoms with van der Waals surface area (Å²) in [5, 5.41) is 0. The molecular weight excluding hydrogens is 604 g/mol. The van der Waals surface area contributed by atoms with Gasteiger partial charge in [-0.25, -0.2) is 0 Å². The van der Waals surface area contributed by atoms with Gasteiger partial charge in [0.05, 0.1) is 66.5 Å². The molecule has 2 aromatic carbocycles. The van der Waals surface area contributed by atoms with Gasteiger partial charge in [-0.2, -0.15) is 0 Å². The number of fused-ring (bicyclic) bond motifs is 2. The fraction of sp³-hybridized carbons (Fsp3) is 0.674. The fourth-order valence-electron chi connectivity index (χ4n) is 7.94. The molecule has 49 heavy (non-hydrogen) atoms. The molecule has 0 aliphatic carbocycles. The lowest BCUT2D eigenvalue weighted by Crippen LogP contribution is -2.61. The Balaban J connectivity index is 1.63. The molecule has 270 valence electrons. The summed E-state index contributed by atoms with van der Waals surface area (Å²) in [7, 11) is 13.8. The van der Waals surface area contributed by atoms with Gasteiger partial charge in [0.2, 0.25) is 11.1 Å². The van der Waals surface area contributed by atoms with Gasteiger partial charge in [0.25, 0.3) is 0 Å². The third-order valence-electron chi connectivity index (χ3n) is 11.9. The molecule has 6 heteroatoms. The maximum Gasteiger partial charge on any atom is 0.705 e. The first kappa shape index (κ1) is 37.6. The summed E-state index contributed by atoms with van der Waals surface area (Å²) in [6.07, 6.45) is 9.38. The molecule has 1 fully saturated rings. The van der Waals surface area contributed by atoms with Crippen LogP contribution in [0, 0.1) is 0 Å². The molecule has 0 N–H and O–H groups in total. The van der Waals surface area contributed by atoms with Crippen LogP contribution in [-0.2, 0) is 16.2 Å². The molecule has 0 aromatic heterocycles. The number of nitrogens with zero attached hydrogens (tertiary/aromatic N) is 4. The summed E-state index contributed by atoms with van der Waals surface area (Å²) in [6, 6.07) is 10.5. The molecule has 0 amide bonds. The lowest BCUT2D eigenvalue weighted by molar-refractivity contribution is -0.875. The SMILES string of the molecule is CC(C)(C)c1cc2c(c(C(C)(C)C)c1)OC13Oc4ccc(C(C)(CCC[N+](C)(C)C)CCC[N+](C)(C)C)cc4C=[N+]1C(C)(C)C(C)(C)[N+]3=C2. The second-order valence-corrected chi connectivity index (χ2v) is 20.9. The van der Waals surface area contributed by atoms with E-state index in [9.17, 15) is 0 Å². The quantitative estimate of drug-likeness (QED) is 0.199. The van der Waals surface area contributed by atoms with Crippen LogP contribution in [0.2, 0.25) is 0 Å². The zero-order valence-corrected chi connectivity index (χ0v) is 34.4. The van der Waals surface area contributed by atoms with Gasteiger partial charge in [-0.05, 0) is 71.3 Å². The minimum absolute atomic E-state index is 0.0157. The normalized spacial score (nSPS) is 21.4. The van der Waals surface area contributed by atoms with E-state index in [2.05, 4.69) is 170 Å². The van der Waals surface area contributed by atoms with Gasteiger partial charge < -0.3 is 18.4 Å². The monoisotopic (exact) mass is 675 g/mol. The van der Waals surface area contributed by atoms with Crippen molar-refractivity contribution >= 4 is 12.4 Å². The summed E-state index contributed by atoms with van der Waals surface area (Å²) >= 11 is 0. The third-order valence-corrected chi connectivity index (χ3v) is 11.9. The van der Waals surface area contributed by atoms with Crippen LogP contribution in [0.3, 0.4) is 0 Å². The van der Waals surface area contributed by atoms with E-state index in [1.807, 2.05) is 0 Å². The molecule has 2 aromatic rings. The fourth-order valence-corrected chi connectivity index (χ4v) is 7.94. The number of hydrogen-bond acceptors (Lipinski definition) is 2. The molecule has 3 aliphatic rings. The number of benzene rings is 2. The third kappa shape index (κ3) is 6.86. The average molecular weight is 675 g/mol. The van der Waals surface area contributed by atoms with E-state index in [0.717, 1.165) is 31.6 Å². The predicted octanol–water partition coefficient (Wildman–Crippen LogP) is 8.04. The molecule has 0 bridgehead atoms. The van der Waals surface area contributed by atoms with Crippen LogP contribution in [0.15, 0.2) is 30.3 Å². The second kappa shape index (κ2) is 11.7. The minimum atomic E-state index is -1.13. The van der Waals surface area contributed by atoms with Crippen LogP contribution in [0.4, 0.5) is 0 Å². The molecule has 0 radical (unpaired) electrons. The molecule has 1 atom stereocenters. The highest BCUT2D eigenvalue weighted by Crippen LogP contribution is 2.51. The van der Waals surface area contributed by atoms with Gasteiger partial charge in [-0.1, -0.05) is 69.7 Å². The average Bonchev–Trinajstić information content (AvgIpc) is 3.05. The lowest BCUT2D eigenvalue weighted by Gasteiger charge is -2.35. The maximum absolute atomic E-state index is 7.33. The number of hydrogen-bond donors (Lipinski definition) is 0. The van der Waals surface area contributed by atoms with Gasteiger partial charge in [0.1, 0.15) is 0 Å². The van der Waals surface area contributed by atoms with Gasteiger partial charge >= 0.3 is 6.03 Å². The standard InChI is InChI=1S/C43H70N4O2/c1-38(2,3)34-27-32-30-45-41(9,10)40(7,8)44-29-31-26-33(42(11,22-18-24-46(12,13)14)23-19-25-47(15,16)17)20-21-36(31)48-43(44,45)49-37(32)35(28-34)39(4,5)6/h20-21,26-30H,18-19,22-25H2,1-17H3/q+4. The Bertz CT molecular complexity index is 1650. The van der Waals surface area contributed by atoms with Crippen molar-refractivity contribution in [3.8, 4) is 11.5 Å². The smallest absolute Gasteiger partial charge is 0.341 e. The van der Waals surface area contributed by atoms with Crippen molar-refractivity contribution in [1.29, 1.82) is 0 Å². The Morgan fingerprint density at radius 3 is 1.57 bits per heavy atom. The Morgan fingerprint density at radius 1 is 0.612 bits per heavy atom. The van der Waals surface area contributed by atoms with E-state index in [0.29, 0.717) is 0 Å². The van der Waals surface area contributed by atoms with Crippen molar-refractivity contribution in [3.63, 3.8) is 0 Å². The van der Waals surface area contributed by atoms with E-state index in [1.54, 1.807) is 0 Å². The van der Waals surface area contributed by atoms with E-state index < -0.39 is 6.03 Å². The van der Waals surface area contributed by atoms with Crippen molar-refractivity contribution in [3.05, 3.63) is 58.1 Å². The van der Waals surface area contributed by atoms with Crippen molar-refractivity contribution in [2.45, 2.75) is 135 Å². The topological polar surface area (TPSA) is 24.5 Å². The molecule has 6 nitrogen and oxygen atoms in total. The number of rotatable bonds is 9. The van der Waals surface area contributed by atoms with E-state index in [-0.39, 0.29) is 27.3 Å². The Labute approximate surface area is 299 Å². The van der Waals surface area contributed by atoms with Crippen molar-refractivity contribution < 1.29 is 27.6 Å². The first-order chi connectivity index (χ1) is 22.1. The van der Waals surface area contributed by atoms with E-state index >= 15 is 0 Å². The first-order valence-corrected chi connectivity index (χ1v) is 18.7. The summed E-state index contributed by atoms with van der Waals surface area (Å²) in [6.45, 7) is 27.9. The van der Waals surface area contributed by atoms with Crippen LogP contribution in [-0.4, -0.2) is 103 Å². The first-order valence-electron chi connectivity index (χ1n) is 18.7. The van der Waals surface area contributed by atoms with Crippen LogP contribution in [0.5, 0.6) is 11.5 Å². The summed E-state index contributed by atoms with van der Waals surface area (Å²) in [5.41, 5.74) is 5.55. The van der Waals surface area contributed by atoms with E-state index in [1.165, 1.54) is 55.5 Å². The molecule has 1 unspecified atom stereocenters. The molecule has 3 aliphatic heterocycles. The van der Waals surface area contributed by atoms with Crippen LogP contribution in [0.25, 0.3) is 0 Å². The van der Waals surface area contributed by atoms with Gasteiger partial charge in [0, 0.05) is 33.3 Å². The van der Waals surface area contributed by atoms with Gasteiger partial charge in [0.15, 0.2) is 23.9 Å². The lowest BCUT2D eigenvalue weighted by atomic mass is 9.74. The largest absolute Gasteiger partial charge is 0.705 e. The Kier molecular flexibility index (Phi) is 8.94.